The lowest BCUT2D eigenvalue weighted by molar-refractivity contribution is 0.0972. The average molecular weight is 394 g/mol. The molecule has 1 amide bonds. The first-order valence-electron chi connectivity index (χ1n) is 9.68. The van der Waals surface area contributed by atoms with Gasteiger partial charge in [0, 0.05) is 13.1 Å². The number of nitrogens with two attached hydrogens (primary N) is 1. The Bertz CT molecular complexity index is 981. The summed E-state index contributed by atoms with van der Waals surface area (Å²) in [5.74, 6) is 1.67. The fourth-order valence-electron chi connectivity index (χ4n) is 2.82. The summed E-state index contributed by atoms with van der Waals surface area (Å²) in [5.41, 5.74) is 5.19. The van der Waals surface area contributed by atoms with Crippen LogP contribution >= 0.6 is 0 Å². The van der Waals surface area contributed by atoms with E-state index in [2.05, 4.69) is 39.9 Å². The summed E-state index contributed by atoms with van der Waals surface area (Å²) in [6.45, 7) is 4.37. The molecule has 0 aliphatic heterocycles. The minimum atomic E-state index is -0.586. The first kappa shape index (κ1) is 20.3. The summed E-state index contributed by atoms with van der Waals surface area (Å²) in [7, 11) is 0. The van der Waals surface area contributed by atoms with Gasteiger partial charge in [-0.3, -0.25) is 4.79 Å². The molecule has 0 radical (unpaired) electrons. The van der Waals surface area contributed by atoms with Crippen molar-refractivity contribution in [3.8, 4) is 5.75 Å². The number of ether oxygens (including phenoxy) is 1. The summed E-state index contributed by atoms with van der Waals surface area (Å²) < 4.78 is 11.2. The molecule has 0 saturated carbocycles. The van der Waals surface area contributed by atoms with E-state index in [1.807, 2.05) is 25.1 Å². The highest BCUT2D eigenvalue weighted by molar-refractivity contribution is 5.89. The lowest BCUT2D eigenvalue weighted by Gasteiger charge is -2.11. The van der Waals surface area contributed by atoms with Crippen LogP contribution in [0.1, 0.15) is 29.7 Å². The van der Waals surface area contributed by atoms with Crippen LogP contribution in [0.25, 0.3) is 10.8 Å². The SMILES string of the molecule is CCNC(=NCc1ccc(C(N)=O)o1)NCCCOc1ccc2ccccc2c1. The van der Waals surface area contributed by atoms with Crippen molar-refractivity contribution >= 4 is 22.6 Å². The molecule has 2 aromatic carbocycles. The molecule has 4 N–H and O–H groups in total. The molecule has 0 saturated heterocycles. The molecule has 0 spiro atoms. The maximum atomic E-state index is 11.1. The molecule has 3 aromatic rings. The Balaban J connectivity index is 1.44. The van der Waals surface area contributed by atoms with Crippen LogP contribution in [-0.4, -0.2) is 31.6 Å². The van der Waals surface area contributed by atoms with E-state index in [-0.39, 0.29) is 5.76 Å². The van der Waals surface area contributed by atoms with Crippen molar-refractivity contribution in [3.05, 3.63) is 66.1 Å². The van der Waals surface area contributed by atoms with Crippen molar-refractivity contribution in [2.45, 2.75) is 19.9 Å². The molecule has 0 aliphatic rings. The van der Waals surface area contributed by atoms with Gasteiger partial charge in [0.15, 0.2) is 11.7 Å². The zero-order chi connectivity index (χ0) is 20.5. The van der Waals surface area contributed by atoms with Gasteiger partial charge in [-0.25, -0.2) is 4.99 Å². The first-order chi connectivity index (χ1) is 14.2. The third kappa shape index (κ3) is 6.00. The summed E-state index contributed by atoms with van der Waals surface area (Å²) in [6.07, 6.45) is 0.823. The number of primary amides is 1. The summed E-state index contributed by atoms with van der Waals surface area (Å²) in [5, 5.41) is 8.81. The van der Waals surface area contributed by atoms with Gasteiger partial charge in [0.2, 0.25) is 0 Å². The molecule has 1 heterocycles. The van der Waals surface area contributed by atoms with Gasteiger partial charge in [0.1, 0.15) is 18.1 Å². The van der Waals surface area contributed by atoms with Crippen molar-refractivity contribution in [1.82, 2.24) is 10.6 Å². The molecule has 0 bridgehead atoms. The fraction of sp³-hybridized carbons (Fsp3) is 0.273. The van der Waals surface area contributed by atoms with Crippen LogP contribution in [0.5, 0.6) is 5.75 Å². The van der Waals surface area contributed by atoms with E-state index in [0.29, 0.717) is 31.4 Å². The van der Waals surface area contributed by atoms with E-state index in [0.717, 1.165) is 18.7 Å². The molecule has 0 atom stereocenters. The van der Waals surface area contributed by atoms with E-state index >= 15 is 0 Å². The monoisotopic (exact) mass is 394 g/mol. The number of hydrogen-bond donors (Lipinski definition) is 3. The smallest absolute Gasteiger partial charge is 0.284 e. The molecular formula is C22H26N4O3. The number of benzene rings is 2. The molecule has 29 heavy (non-hydrogen) atoms. The summed E-state index contributed by atoms with van der Waals surface area (Å²) in [4.78, 5) is 15.5. The van der Waals surface area contributed by atoms with Crippen molar-refractivity contribution in [2.75, 3.05) is 19.7 Å². The van der Waals surface area contributed by atoms with Gasteiger partial charge in [0.05, 0.1) is 6.61 Å². The van der Waals surface area contributed by atoms with Crippen molar-refractivity contribution in [1.29, 1.82) is 0 Å². The third-order valence-corrected chi connectivity index (χ3v) is 4.24. The van der Waals surface area contributed by atoms with E-state index in [1.54, 1.807) is 12.1 Å². The highest BCUT2D eigenvalue weighted by Gasteiger charge is 2.07. The van der Waals surface area contributed by atoms with Crippen molar-refractivity contribution in [3.63, 3.8) is 0 Å². The second-order valence-electron chi connectivity index (χ2n) is 6.46. The molecule has 0 unspecified atom stereocenters. The normalized spacial score (nSPS) is 11.4. The minimum Gasteiger partial charge on any atom is -0.494 e. The Hall–Kier alpha value is -3.48. The van der Waals surface area contributed by atoms with E-state index in [1.165, 1.54) is 10.8 Å². The van der Waals surface area contributed by atoms with Crippen LogP contribution in [-0.2, 0) is 6.54 Å². The Labute approximate surface area is 169 Å². The van der Waals surface area contributed by atoms with E-state index in [4.69, 9.17) is 14.9 Å². The zero-order valence-corrected chi connectivity index (χ0v) is 16.5. The number of aliphatic imine (C=N–C) groups is 1. The number of guanidine groups is 1. The van der Waals surface area contributed by atoms with Crippen LogP contribution in [0.2, 0.25) is 0 Å². The number of fused-ring (bicyclic) bond motifs is 1. The number of carbonyl (C=O) groups excluding carboxylic acids is 1. The number of nitrogens with zero attached hydrogens (tertiary/aromatic N) is 1. The topological polar surface area (TPSA) is 102 Å². The summed E-state index contributed by atoms with van der Waals surface area (Å²) >= 11 is 0. The predicted molar refractivity (Wildman–Crippen MR) is 114 cm³/mol. The van der Waals surface area contributed by atoms with Gasteiger partial charge in [-0.05, 0) is 48.4 Å². The van der Waals surface area contributed by atoms with Gasteiger partial charge < -0.3 is 25.5 Å². The second-order valence-corrected chi connectivity index (χ2v) is 6.46. The Morgan fingerprint density at radius 3 is 2.69 bits per heavy atom. The zero-order valence-electron chi connectivity index (χ0n) is 16.5. The first-order valence-corrected chi connectivity index (χ1v) is 9.68. The predicted octanol–water partition coefficient (Wildman–Crippen LogP) is 3.06. The largest absolute Gasteiger partial charge is 0.494 e. The number of hydrogen-bond acceptors (Lipinski definition) is 4. The lowest BCUT2D eigenvalue weighted by atomic mass is 10.1. The Morgan fingerprint density at radius 1 is 1.10 bits per heavy atom. The van der Waals surface area contributed by atoms with Gasteiger partial charge in [-0.15, -0.1) is 0 Å². The number of furan rings is 1. The second kappa shape index (κ2) is 10.2. The van der Waals surface area contributed by atoms with E-state index in [9.17, 15) is 4.79 Å². The molecule has 7 heteroatoms. The molecule has 0 aliphatic carbocycles. The highest BCUT2D eigenvalue weighted by Crippen LogP contribution is 2.20. The van der Waals surface area contributed by atoms with Crippen LogP contribution in [0.3, 0.4) is 0 Å². The Morgan fingerprint density at radius 2 is 1.93 bits per heavy atom. The van der Waals surface area contributed by atoms with Crippen LogP contribution in [0.4, 0.5) is 0 Å². The van der Waals surface area contributed by atoms with Gasteiger partial charge in [-0.1, -0.05) is 30.3 Å². The molecule has 3 rings (SSSR count). The van der Waals surface area contributed by atoms with Crippen LogP contribution in [0, 0.1) is 0 Å². The van der Waals surface area contributed by atoms with Crippen molar-refractivity contribution < 1.29 is 13.9 Å². The van der Waals surface area contributed by atoms with Crippen LogP contribution < -0.4 is 21.1 Å². The average Bonchev–Trinajstić information content (AvgIpc) is 3.21. The number of rotatable bonds is 9. The number of carbonyl (C=O) groups is 1. The van der Waals surface area contributed by atoms with Gasteiger partial charge in [-0.2, -0.15) is 0 Å². The fourth-order valence-corrected chi connectivity index (χ4v) is 2.82. The Kier molecular flexibility index (Phi) is 7.10. The van der Waals surface area contributed by atoms with Gasteiger partial charge >= 0.3 is 0 Å². The maximum absolute atomic E-state index is 11.1. The molecular weight excluding hydrogens is 368 g/mol. The van der Waals surface area contributed by atoms with Crippen LogP contribution in [0.15, 0.2) is 64.0 Å². The quantitative estimate of drug-likeness (QED) is 0.294. The van der Waals surface area contributed by atoms with Gasteiger partial charge in [0.25, 0.3) is 5.91 Å². The lowest BCUT2D eigenvalue weighted by Crippen LogP contribution is -2.38. The molecule has 7 nitrogen and oxygen atoms in total. The standard InChI is InChI=1S/C22H26N4O3/c1-2-24-22(26-15-19-10-11-20(29-19)21(23)27)25-12-5-13-28-18-9-8-16-6-3-4-7-17(16)14-18/h3-4,6-11,14H,2,5,12-13,15H2,1H3,(H2,23,27)(H2,24,25,26). The maximum Gasteiger partial charge on any atom is 0.284 e. The molecule has 1 aromatic heterocycles. The molecule has 152 valence electrons. The highest BCUT2D eigenvalue weighted by atomic mass is 16.5. The summed E-state index contributed by atoms with van der Waals surface area (Å²) in [6, 6.07) is 17.6. The van der Waals surface area contributed by atoms with E-state index < -0.39 is 5.91 Å². The molecule has 0 fully saturated rings. The third-order valence-electron chi connectivity index (χ3n) is 4.24. The van der Waals surface area contributed by atoms with Crippen molar-refractivity contribution in [2.24, 2.45) is 10.7 Å². The number of nitrogens with one attached hydrogen (secondary N) is 2. The minimum absolute atomic E-state index is 0.138. The number of amides is 1.